The Kier molecular flexibility index (Phi) is 2.49. The van der Waals surface area contributed by atoms with Crippen molar-refractivity contribution in [3.63, 3.8) is 0 Å². The number of fused-ring (bicyclic) bond motifs is 1. The largest absolute Gasteiger partial charge is 0.301 e. The Hall–Kier alpha value is -0.980. The first-order valence-electron chi connectivity index (χ1n) is 4.17. The molecule has 0 aromatic carbocycles. The molecule has 2 aromatic rings. The summed E-state index contributed by atoms with van der Waals surface area (Å²) in [6.07, 6.45) is 4.32. The molecule has 72 valence electrons. The van der Waals surface area contributed by atoms with E-state index in [1.54, 1.807) is 24.0 Å². The van der Waals surface area contributed by atoms with E-state index in [2.05, 4.69) is 32.7 Å². The van der Waals surface area contributed by atoms with Gasteiger partial charge in [-0.15, -0.1) is 0 Å². The number of carbonyl (C=O) groups excluding carboxylic acids is 1. The van der Waals surface area contributed by atoms with Gasteiger partial charge in [0.2, 0.25) is 0 Å². The Bertz CT molecular complexity index is 480. The molecule has 0 fully saturated rings. The molecule has 0 N–H and O–H groups in total. The van der Waals surface area contributed by atoms with Crippen molar-refractivity contribution >= 4 is 39.9 Å². The van der Waals surface area contributed by atoms with Crippen LogP contribution < -0.4 is 0 Å². The first kappa shape index (κ1) is 9.57. The van der Waals surface area contributed by atoms with Gasteiger partial charge in [-0.25, -0.2) is 9.67 Å². The second kappa shape index (κ2) is 3.64. The summed E-state index contributed by atoms with van der Waals surface area (Å²) in [6, 6.07) is 1.65. The Morgan fingerprint density at radius 3 is 3.14 bits per heavy atom. The molecule has 0 aliphatic heterocycles. The highest BCUT2D eigenvalue weighted by Gasteiger charge is 2.10. The number of nitrogens with zero attached hydrogens (tertiary/aromatic N) is 3. The van der Waals surface area contributed by atoms with Gasteiger partial charge < -0.3 is 4.79 Å². The minimum atomic E-state index is -0.266. The highest BCUT2D eigenvalue weighted by molar-refractivity contribution is 14.1. The van der Waals surface area contributed by atoms with Crippen LogP contribution >= 0.6 is 22.6 Å². The molecular weight excluding hydrogens is 293 g/mol. The highest BCUT2D eigenvalue weighted by atomic mass is 127. The van der Waals surface area contributed by atoms with E-state index in [4.69, 9.17) is 0 Å². The monoisotopic (exact) mass is 301 g/mol. The number of aromatic nitrogens is 3. The van der Waals surface area contributed by atoms with Gasteiger partial charge in [0.25, 0.3) is 0 Å². The fraction of sp³-hybridized carbons (Fsp3) is 0.222. The van der Waals surface area contributed by atoms with E-state index in [9.17, 15) is 4.79 Å². The molecule has 0 aliphatic rings. The maximum absolute atomic E-state index is 10.6. The van der Waals surface area contributed by atoms with E-state index in [-0.39, 0.29) is 6.04 Å². The van der Waals surface area contributed by atoms with Crippen LogP contribution in [0.2, 0.25) is 0 Å². The normalized spacial score (nSPS) is 13.0. The Labute approximate surface area is 94.5 Å². The van der Waals surface area contributed by atoms with Crippen LogP contribution in [0.4, 0.5) is 0 Å². The maximum atomic E-state index is 10.6. The zero-order valence-corrected chi connectivity index (χ0v) is 9.67. The lowest BCUT2D eigenvalue weighted by Crippen LogP contribution is -2.08. The molecule has 0 bridgehead atoms. The maximum Gasteiger partial charge on any atom is 0.159 e. The fourth-order valence-corrected chi connectivity index (χ4v) is 1.81. The van der Waals surface area contributed by atoms with Gasteiger partial charge in [-0.3, -0.25) is 0 Å². The average molecular weight is 301 g/mol. The van der Waals surface area contributed by atoms with Gasteiger partial charge in [0, 0.05) is 9.77 Å². The molecule has 0 spiro atoms. The van der Waals surface area contributed by atoms with Crippen molar-refractivity contribution in [3.8, 4) is 0 Å². The van der Waals surface area contributed by atoms with Gasteiger partial charge in [0.15, 0.2) is 5.65 Å². The molecular formula is C9H8IN3O. The molecule has 2 aromatic heterocycles. The Morgan fingerprint density at radius 1 is 1.64 bits per heavy atom. The molecule has 1 atom stereocenters. The van der Waals surface area contributed by atoms with E-state index < -0.39 is 0 Å². The van der Waals surface area contributed by atoms with Crippen LogP contribution in [0.1, 0.15) is 13.0 Å². The summed E-state index contributed by atoms with van der Waals surface area (Å²) >= 11 is 2.23. The summed E-state index contributed by atoms with van der Waals surface area (Å²) in [5.74, 6) is 0. The number of halogens is 1. The van der Waals surface area contributed by atoms with Crippen molar-refractivity contribution in [2.24, 2.45) is 0 Å². The topological polar surface area (TPSA) is 47.8 Å². The third-order valence-corrected chi connectivity index (χ3v) is 2.97. The number of rotatable bonds is 2. The molecule has 4 nitrogen and oxygen atoms in total. The van der Waals surface area contributed by atoms with Crippen LogP contribution in [0.15, 0.2) is 18.5 Å². The van der Waals surface area contributed by atoms with Gasteiger partial charge in [-0.05, 0) is 35.6 Å². The lowest BCUT2D eigenvalue weighted by atomic mass is 10.3. The predicted octanol–water partition coefficient (Wildman–Crippen LogP) is 1.80. The summed E-state index contributed by atoms with van der Waals surface area (Å²) in [6.45, 7) is 1.79. The lowest BCUT2D eigenvalue weighted by molar-refractivity contribution is -0.110. The Morgan fingerprint density at radius 2 is 2.43 bits per heavy atom. The third kappa shape index (κ3) is 1.41. The summed E-state index contributed by atoms with van der Waals surface area (Å²) in [7, 11) is 0. The first-order valence-corrected chi connectivity index (χ1v) is 5.25. The zero-order chi connectivity index (χ0) is 10.1. The van der Waals surface area contributed by atoms with Crippen molar-refractivity contribution in [2.75, 3.05) is 0 Å². The standard InChI is InChI=1S/C9H8IN3O/c1-6(5-14)13-9-7(4-12-13)8(10)2-3-11-9/h2-6H,1H3. The number of hydrogen-bond donors (Lipinski definition) is 0. The molecule has 2 rings (SSSR count). The van der Waals surface area contributed by atoms with Gasteiger partial charge in [-0.2, -0.15) is 5.10 Å². The number of aldehydes is 1. The molecule has 0 aliphatic carbocycles. The van der Waals surface area contributed by atoms with Crippen molar-refractivity contribution in [3.05, 3.63) is 22.0 Å². The molecule has 2 heterocycles. The minimum Gasteiger partial charge on any atom is -0.301 e. The molecule has 0 saturated carbocycles. The number of hydrogen-bond acceptors (Lipinski definition) is 3. The molecule has 1 unspecified atom stereocenters. The van der Waals surface area contributed by atoms with Gasteiger partial charge in [0.05, 0.1) is 11.6 Å². The van der Waals surface area contributed by atoms with Crippen LogP contribution in [-0.4, -0.2) is 21.1 Å². The van der Waals surface area contributed by atoms with Crippen molar-refractivity contribution < 1.29 is 4.79 Å². The molecule has 0 amide bonds. The van der Waals surface area contributed by atoms with Crippen molar-refractivity contribution in [2.45, 2.75) is 13.0 Å². The van der Waals surface area contributed by atoms with E-state index in [0.29, 0.717) is 0 Å². The fourth-order valence-electron chi connectivity index (χ4n) is 1.27. The average Bonchev–Trinajstić information content (AvgIpc) is 2.62. The number of pyridine rings is 1. The summed E-state index contributed by atoms with van der Waals surface area (Å²) in [4.78, 5) is 14.8. The van der Waals surface area contributed by atoms with Gasteiger partial charge in [0.1, 0.15) is 12.3 Å². The van der Waals surface area contributed by atoms with Gasteiger partial charge in [-0.1, -0.05) is 0 Å². The lowest BCUT2D eigenvalue weighted by Gasteiger charge is -2.04. The molecule has 0 radical (unpaired) electrons. The third-order valence-electron chi connectivity index (χ3n) is 2.03. The van der Waals surface area contributed by atoms with Crippen LogP contribution in [0, 0.1) is 3.57 Å². The van der Waals surface area contributed by atoms with Crippen LogP contribution in [0.25, 0.3) is 11.0 Å². The summed E-state index contributed by atoms with van der Waals surface area (Å²) in [5, 5.41) is 5.13. The second-order valence-corrected chi connectivity index (χ2v) is 4.16. The zero-order valence-electron chi connectivity index (χ0n) is 7.51. The van der Waals surface area contributed by atoms with E-state index >= 15 is 0 Å². The Balaban J connectivity index is 2.69. The van der Waals surface area contributed by atoms with Crippen LogP contribution in [0.5, 0.6) is 0 Å². The number of carbonyl (C=O) groups is 1. The van der Waals surface area contributed by atoms with Crippen LogP contribution in [-0.2, 0) is 4.79 Å². The second-order valence-electron chi connectivity index (χ2n) is 3.00. The van der Waals surface area contributed by atoms with Crippen molar-refractivity contribution in [1.82, 2.24) is 14.8 Å². The smallest absolute Gasteiger partial charge is 0.159 e. The summed E-state index contributed by atoms with van der Waals surface area (Å²) < 4.78 is 2.72. The molecule has 0 saturated heterocycles. The van der Waals surface area contributed by atoms with Crippen molar-refractivity contribution in [1.29, 1.82) is 0 Å². The van der Waals surface area contributed by atoms with E-state index in [1.807, 2.05) is 6.07 Å². The quantitative estimate of drug-likeness (QED) is 0.628. The van der Waals surface area contributed by atoms with Crippen LogP contribution in [0.3, 0.4) is 0 Å². The highest BCUT2D eigenvalue weighted by Crippen LogP contribution is 2.19. The summed E-state index contributed by atoms with van der Waals surface area (Å²) in [5.41, 5.74) is 0.761. The van der Waals surface area contributed by atoms with E-state index in [1.165, 1.54) is 0 Å². The van der Waals surface area contributed by atoms with E-state index in [0.717, 1.165) is 20.9 Å². The predicted molar refractivity (Wildman–Crippen MR) is 61.0 cm³/mol. The molecule has 14 heavy (non-hydrogen) atoms. The van der Waals surface area contributed by atoms with Gasteiger partial charge >= 0.3 is 0 Å². The molecule has 5 heteroatoms. The SMILES string of the molecule is CC(C=O)n1ncc2c(I)ccnc21. The minimum absolute atomic E-state index is 0.266. The first-order chi connectivity index (χ1) is 6.74.